The first kappa shape index (κ1) is 11.4. The van der Waals surface area contributed by atoms with Crippen LogP contribution in [0.3, 0.4) is 0 Å². The zero-order valence-corrected chi connectivity index (χ0v) is 10.1. The number of nitrogens with zero attached hydrogens (tertiary/aromatic N) is 2. The molecular formula is C13H20N2O. The molecule has 0 aromatic carbocycles. The van der Waals surface area contributed by atoms with E-state index in [0.717, 1.165) is 18.7 Å². The van der Waals surface area contributed by atoms with Crippen LogP contribution in [0.2, 0.25) is 0 Å². The summed E-state index contributed by atoms with van der Waals surface area (Å²) >= 11 is 0. The van der Waals surface area contributed by atoms with Gasteiger partial charge in [-0.05, 0) is 18.8 Å². The Balaban J connectivity index is 1.95. The summed E-state index contributed by atoms with van der Waals surface area (Å²) in [5, 5.41) is 0. The summed E-state index contributed by atoms with van der Waals surface area (Å²) in [6.07, 6.45) is 8.79. The first-order valence-corrected chi connectivity index (χ1v) is 6.15. The Morgan fingerprint density at radius 3 is 3.00 bits per heavy atom. The standard InChI is InChI=1S/C13H20N2O/c1-10-4-3-5-11(8-10)12(16)9-13-14-6-7-15(13)2/h6-7,10-11H,3-5,8-9H2,1-2H3. The Bertz CT molecular complexity index is 370. The second-order valence-corrected chi connectivity index (χ2v) is 5.07. The van der Waals surface area contributed by atoms with E-state index in [1.807, 2.05) is 17.8 Å². The summed E-state index contributed by atoms with van der Waals surface area (Å²) in [7, 11) is 1.94. The second kappa shape index (κ2) is 4.81. The SMILES string of the molecule is CC1CCCC(C(=O)Cc2nccn2C)C1. The van der Waals surface area contributed by atoms with Gasteiger partial charge in [-0.2, -0.15) is 0 Å². The zero-order chi connectivity index (χ0) is 11.5. The van der Waals surface area contributed by atoms with Crippen molar-refractivity contribution in [2.24, 2.45) is 18.9 Å². The predicted octanol–water partition coefficient (Wildman–Crippen LogP) is 2.36. The maximum Gasteiger partial charge on any atom is 0.143 e. The van der Waals surface area contributed by atoms with E-state index in [2.05, 4.69) is 11.9 Å². The highest BCUT2D eigenvalue weighted by molar-refractivity contribution is 5.82. The van der Waals surface area contributed by atoms with Crippen molar-refractivity contribution >= 4 is 5.78 Å². The normalized spacial score (nSPS) is 25.6. The monoisotopic (exact) mass is 220 g/mol. The third kappa shape index (κ3) is 2.52. The van der Waals surface area contributed by atoms with Crippen LogP contribution < -0.4 is 0 Å². The number of aromatic nitrogens is 2. The third-order valence-electron chi connectivity index (χ3n) is 3.65. The van der Waals surface area contributed by atoms with Crippen molar-refractivity contribution < 1.29 is 4.79 Å². The van der Waals surface area contributed by atoms with E-state index in [9.17, 15) is 4.79 Å². The summed E-state index contributed by atoms with van der Waals surface area (Å²) in [6.45, 7) is 2.25. The van der Waals surface area contributed by atoms with Gasteiger partial charge in [-0.15, -0.1) is 0 Å². The molecule has 3 heteroatoms. The average molecular weight is 220 g/mol. The van der Waals surface area contributed by atoms with Crippen molar-refractivity contribution in [2.75, 3.05) is 0 Å². The van der Waals surface area contributed by atoms with Crippen LogP contribution in [0.15, 0.2) is 12.4 Å². The number of rotatable bonds is 3. The van der Waals surface area contributed by atoms with E-state index in [-0.39, 0.29) is 5.92 Å². The number of carbonyl (C=O) groups is 1. The molecule has 1 aromatic rings. The van der Waals surface area contributed by atoms with Gasteiger partial charge in [0.2, 0.25) is 0 Å². The molecule has 0 aliphatic heterocycles. The highest BCUT2D eigenvalue weighted by Gasteiger charge is 2.25. The lowest BCUT2D eigenvalue weighted by Gasteiger charge is -2.25. The molecule has 2 unspecified atom stereocenters. The zero-order valence-electron chi connectivity index (χ0n) is 10.1. The van der Waals surface area contributed by atoms with Crippen LogP contribution in [0, 0.1) is 11.8 Å². The maximum absolute atomic E-state index is 12.1. The molecule has 0 N–H and O–H groups in total. The topological polar surface area (TPSA) is 34.9 Å². The Labute approximate surface area is 96.9 Å². The highest BCUT2D eigenvalue weighted by atomic mass is 16.1. The first-order valence-electron chi connectivity index (χ1n) is 6.15. The van der Waals surface area contributed by atoms with Gasteiger partial charge < -0.3 is 4.57 Å². The number of hydrogen-bond donors (Lipinski definition) is 0. The quantitative estimate of drug-likeness (QED) is 0.783. The van der Waals surface area contributed by atoms with Crippen molar-refractivity contribution in [1.29, 1.82) is 0 Å². The average Bonchev–Trinajstić information content (AvgIpc) is 2.64. The van der Waals surface area contributed by atoms with E-state index in [1.165, 1.54) is 12.8 Å². The molecule has 1 fully saturated rings. The molecule has 0 bridgehead atoms. The summed E-state index contributed by atoms with van der Waals surface area (Å²) in [6, 6.07) is 0. The predicted molar refractivity (Wildman–Crippen MR) is 63.0 cm³/mol. The van der Waals surface area contributed by atoms with Crippen molar-refractivity contribution in [3.8, 4) is 0 Å². The first-order chi connectivity index (χ1) is 7.66. The van der Waals surface area contributed by atoms with Crippen molar-refractivity contribution in [2.45, 2.75) is 39.0 Å². The summed E-state index contributed by atoms with van der Waals surface area (Å²) in [5.41, 5.74) is 0. The van der Waals surface area contributed by atoms with Gasteiger partial charge in [0.15, 0.2) is 0 Å². The van der Waals surface area contributed by atoms with Crippen LogP contribution in [0.5, 0.6) is 0 Å². The Kier molecular flexibility index (Phi) is 3.42. The molecule has 88 valence electrons. The molecule has 2 atom stereocenters. The van der Waals surface area contributed by atoms with Gasteiger partial charge in [0, 0.05) is 25.4 Å². The molecule has 2 rings (SSSR count). The van der Waals surface area contributed by atoms with Gasteiger partial charge in [0.25, 0.3) is 0 Å². The fourth-order valence-electron chi connectivity index (χ4n) is 2.59. The third-order valence-corrected chi connectivity index (χ3v) is 3.65. The number of carbonyl (C=O) groups excluding carboxylic acids is 1. The largest absolute Gasteiger partial charge is 0.338 e. The molecule has 0 amide bonds. The van der Waals surface area contributed by atoms with Crippen LogP contribution in [0.25, 0.3) is 0 Å². The van der Waals surface area contributed by atoms with Crippen LogP contribution in [0.4, 0.5) is 0 Å². The fraction of sp³-hybridized carbons (Fsp3) is 0.692. The molecular weight excluding hydrogens is 200 g/mol. The fourth-order valence-corrected chi connectivity index (χ4v) is 2.59. The van der Waals surface area contributed by atoms with Gasteiger partial charge in [0.1, 0.15) is 11.6 Å². The second-order valence-electron chi connectivity index (χ2n) is 5.07. The minimum absolute atomic E-state index is 0.278. The van der Waals surface area contributed by atoms with Gasteiger partial charge in [-0.25, -0.2) is 4.98 Å². The van der Waals surface area contributed by atoms with Gasteiger partial charge in [-0.3, -0.25) is 4.79 Å². The van der Waals surface area contributed by atoms with Crippen molar-refractivity contribution in [3.05, 3.63) is 18.2 Å². The number of Topliss-reactive ketones (excluding diaryl/α,β-unsaturated/α-hetero) is 1. The van der Waals surface area contributed by atoms with E-state index in [0.29, 0.717) is 18.1 Å². The van der Waals surface area contributed by atoms with E-state index in [1.54, 1.807) is 6.20 Å². The minimum atomic E-state index is 0.278. The van der Waals surface area contributed by atoms with E-state index >= 15 is 0 Å². The highest BCUT2D eigenvalue weighted by Crippen LogP contribution is 2.29. The lowest BCUT2D eigenvalue weighted by atomic mass is 9.79. The van der Waals surface area contributed by atoms with Crippen LogP contribution >= 0.6 is 0 Å². The summed E-state index contributed by atoms with van der Waals surface area (Å²) < 4.78 is 1.93. The maximum atomic E-state index is 12.1. The number of ketones is 1. The molecule has 1 aromatic heterocycles. The molecule has 0 spiro atoms. The van der Waals surface area contributed by atoms with Crippen molar-refractivity contribution in [1.82, 2.24) is 9.55 Å². The molecule has 1 saturated carbocycles. The number of aryl methyl sites for hydroxylation is 1. The van der Waals surface area contributed by atoms with E-state index in [4.69, 9.17) is 0 Å². The molecule has 3 nitrogen and oxygen atoms in total. The van der Waals surface area contributed by atoms with Crippen LogP contribution in [-0.4, -0.2) is 15.3 Å². The Morgan fingerprint density at radius 2 is 2.38 bits per heavy atom. The molecule has 1 heterocycles. The van der Waals surface area contributed by atoms with Gasteiger partial charge in [0.05, 0.1) is 6.42 Å². The van der Waals surface area contributed by atoms with Gasteiger partial charge in [-0.1, -0.05) is 19.8 Å². The smallest absolute Gasteiger partial charge is 0.143 e. The van der Waals surface area contributed by atoms with Crippen LogP contribution in [0.1, 0.15) is 38.4 Å². The Morgan fingerprint density at radius 1 is 1.56 bits per heavy atom. The number of imidazole rings is 1. The molecule has 1 aliphatic rings. The lowest BCUT2D eigenvalue weighted by molar-refractivity contribution is -0.123. The van der Waals surface area contributed by atoms with E-state index < -0.39 is 0 Å². The molecule has 0 radical (unpaired) electrons. The summed E-state index contributed by atoms with van der Waals surface area (Å²) in [4.78, 5) is 16.3. The number of hydrogen-bond acceptors (Lipinski definition) is 2. The molecule has 16 heavy (non-hydrogen) atoms. The molecule has 0 saturated heterocycles. The van der Waals surface area contributed by atoms with Crippen molar-refractivity contribution in [3.63, 3.8) is 0 Å². The lowest BCUT2D eigenvalue weighted by Crippen LogP contribution is -2.24. The Hall–Kier alpha value is -1.12. The molecule has 1 aliphatic carbocycles. The van der Waals surface area contributed by atoms with Gasteiger partial charge >= 0.3 is 0 Å². The summed E-state index contributed by atoms with van der Waals surface area (Å²) in [5.74, 6) is 2.26. The van der Waals surface area contributed by atoms with Crippen LogP contribution in [-0.2, 0) is 18.3 Å². The minimum Gasteiger partial charge on any atom is -0.338 e.